The van der Waals surface area contributed by atoms with Crippen molar-refractivity contribution in [2.75, 3.05) is 10.5 Å². The zero-order valence-corrected chi connectivity index (χ0v) is 13.3. The van der Waals surface area contributed by atoms with Gasteiger partial charge < -0.3 is 5.73 Å². The molecule has 0 saturated carbocycles. The first kappa shape index (κ1) is 14.7. The fourth-order valence-electron chi connectivity index (χ4n) is 1.81. The molecule has 1 aromatic heterocycles. The van der Waals surface area contributed by atoms with Gasteiger partial charge in [0.1, 0.15) is 4.60 Å². The predicted octanol–water partition coefficient (Wildman–Crippen LogP) is 2.24. The van der Waals surface area contributed by atoms with Crippen molar-refractivity contribution in [1.29, 1.82) is 0 Å². The molecule has 0 atom stereocenters. The number of anilines is 2. The van der Waals surface area contributed by atoms with Crippen LogP contribution in [-0.4, -0.2) is 18.4 Å². The van der Waals surface area contributed by atoms with E-state index in [1.807, 2.05) is 0 Å². The highest BCUT2D eigenvalue weighted by Crippen LogP contribution is 2.26. The Morgan fingerprint density at radius 1 is 1.20 bits per heavy atom. The highest BCUT2D eigenvalue weighted by atomic mass is 79.9. The first-order chi connectivity index (χ1) is 9.31. The molecule has 3 N–H and O–H groups in total. The summed E-state index contributed by atoms with van der Waals surface area (Å²) in [5.41, 5.74) is 7.34. The monoisotopic (exact) mass is 356 g/mol. The minimum absolute atomic E-state index is 0.148. The maximum absolute atomic E-state index is 12.4. The number of hydrogen-bond donors (Lipinski definition) is 2. The predicted molar refractivity (Wildman–Crippen MR) is 80.9 cm³/mol. The SMILES string of the molecule is Cc1ccc(N)c(C)c1S(=O)(=O)Nc1cnc(Br)cn1. The number of hydrogen-bond acceptors (Lipinski definition) is 5. The molecule has 106 valence electrons. The number of halogens is 1. The Balaban J connectivity index is 2.46. The lowest BCUT2D eigenvalue weighted by molar-refractivity contribution is 0.600. The van der Waals surface area contributed by atoms with Crippen LogP contribution < -0.4 is 10.5 Å². The van der Waals surface area contributed by atoms with Crippen LogP contribution in [0.4, 0.5) is 11.5 Å². The molecule has 0 unspecified atom stereocenters. The van der Waals surface area contributed by atoms with E-state index >= 15 is 0 Å². The van der Waals surface area contributed by atoms with Crippen LogP contribution in [0.25, 0.3) is 0 Å². The van der Waals surface area contributed by atoms with Gasteiger partial charge in [0.15, 0.2) is 5.82 Å². The van der Waals surface area contributed by atoms with Crippen LogP contribution in [-0.2, 0) is 10.0 Å². The summed E-state index contributed by atoms with van der Waals surface area (Å²) in [6.45, 7) is 3.39. The summed E-state index contributed by atoms with van der Waals surface area (Å²) in [6, 6.07) is 3.35. The zero-order chi connectivity index (χ0) is 14.9. The van der Waals surface area contributed by atoms with E-state index in [1.54, 1.807) is 26.0 Å². The summed E-state index contributed by atoms with van der Waals surface area (Å²) in [7, 11) is -3.76. The van der Waals surface area contributed by atoms with Crippen LogP contribution in [0.3, 0.4) is 0 Å². The average Bonchev–Trinajstić information content (AvgIpc) is 2.37. The molecule has 1 aromatic carbocycles. The summed E-state index contributed by atoms with van der Waals surface area (Å²) in [6.07, 6.45) is 2.75. The second-order valence-corrected chi connectivity index (χ2v) is 6.69. The van der Waals surface area contributed by atoms with Crippen molar-refractivity contribution in [3.8, 4) is 0 Å². The van der Waals surface area contributed by atoms with Crippen LogP contribution in [0.15, 0.2) is 34.0 Å². The minimum Gasteiger partial charge on any atom is -0.398 e. The maximum Gasteiger partial charge on any atom is 0.263 e. The molecule has 2 rings (SSSR count). The Bertz CT molecular complexity index is 745. The maximum atomic E-state index is 12.4. The molecule has 0 amide bonds. The van der Waals surface area contributed by atoms with Gasteiger partial charge in [0.25, 0.3) is 10.0 Å². The Morgan fingerprint density at radius 2 is 1.90 bits per heavy atom. The molecule has 0 aliphatic carbocycles. The highest BCUT2D eigenvalue weighted by molar-refractivity contribution is 9.10. The Kier molecular flexibility index (Phi) is 3.96. The third-order valence-electron chi connectivity index (χ3n) is 2.77. The summed E-state index contributed by atoms with van der Waals surface area (Å²) in [5.74, 6) is 0.148. The second-order valence-electron chi connectivity index (χ2n) is 4.26. The van der Waals surface area contributed by atoms with E-state index in [0.29, 0.717) is 21.4 Å². The van der Waals surface area contributed by atoms with E-state index in [2.05, 4.69) is 30.6 Å². The van der Waals surface area contributed by atoms with Gasteiger partial charge in [0.2, 0.25) is 0 Å². The molecule has 8 heteroatoms. The van der Waals surface area contributed by atoms with Crippen LogP contribution in [0.1, 0.15) is 11.1 Å². The van der Waals surface area contributed by atoms with E-state index in [0.717, 1.165) is 0 Å². The number of nitrogens with zero attached hydrogens (tertiary/aromatic N) is 2. The second kappa shape index (κ2) is 5.37. The van der Waals surface area contributed by atoms with Crippen molar-refractivity contribution in [3.63, 3.8) is 0 Å². The van der Waals surface area contributed by atoms with E-state index in [-0.39, 0.29) is 10.7 Å². The number of aromatic nitrogens is 2. The summed E-state index contributed by atoms with van der Waals surface area (Å²) in [4.78, 5) is 8.03. The molecule has 0 spiro atoms. The molecule has 6 nitrogen and oxygen atoms in total. The number of sulfonamides is 1. The fraction of sp³-hybridized carbons (Fsp3) is 0.167. The number of rotatable bonds is 3. The third-order valence-corrected chi connectivity index (χ3v) is 4.83. The molecule has 0 saturated heterocycles. The first-order valence-corrected chi connectivity index (χ1v) is 7.95. The normalized spacial score (nSPS) is 11.3. The molecule has 20 heavy (non-hydrogen) atoms. The zero-order valence-electron chi connectivity index (χ0n) is 10.9. The van der Waals surface area contributed by atoms with Crippen molar-refractivity contribution >= 4 is 37.5 Å². The van der Waals surface area contributed by atoms with Crippen molar-refractivity contribution < 1.29 is 8.42 Å². The third kappa shape index (κ3) is 2.91. The first-order valence-electron chi connectivity index (χ1n) is 5.67. The van der Waals surface area contributed by atoms with E-state index in [1.165, 1.54) is 12.4 Å². The van der Waals surface area contributed by atoms with Gasteiger partial charge in [0, 0.05) is 5.69 Å². The lowest BCUT2D eigenvalue weighted by Gasteiger charge is -2.13. The van der Waals surface area contributed by atoms with E-state index < -0.39 is 10.0 Å². The number of nitrogen functional groups attached to an aromatic ring is 1. The van der Waals surface area contributed by atoms with Crippen molar-refractivity contribution in [2.24, 2.45) is 0 Å². The molecular formula is C12H13BrN4O2S. The van der Waals surface area contributed by atoms with Gasteiger partial charge in [-0.1, -0.05) is 6.07 Å². The van der Waals surface area contributed by atoms with Crippen LogP contribution in [0.5, 0.6) is 0 Å². The van der Waals surface area contributed by atoms with Crippen molar-refractivity contribution in [2.45, 2.75) is 18.7 Å². The van der Waals surface area contributed by atoms with Gasteiger partial charge >= 0.3 is 0 Å². The average molecular weight is 357 g/mol. The van der Waals surface area contributed by atoms with Gasteiger partial charge in [-0.05, 0) is 47.0 Å². The van der Waals surface area contributed by atoms with Gasteiger partial charge in [-0.2, -0.15) is 0 Å². The van der Waals surface area contributed by atoms with Gasteiger partial charge in [-0.15, -0.1) is 0 Å². The Labute approximate surface area is 125 Å². The fourth-order valence-corrected chi connectivity index (χ4v) is 3.51. The molecule has 0 aliphatic rings. The van der Waals surface area contributed by atoms with Crippen molar-refractivity contribution in [1.82, 2.24) is 9.97 Å². The summed E-state index contributed by atoms with van der Waals surface area (Å²) in [5, 5.41) is 0. The lowest BCUT2D eigenvalue weighted by atomic mass is 10.1. The smallest absolute Gasteiger partial charge is 0.263 e. The lowest BCUT2D eigenvalue weighted by Crippen LogP contribution is -2.17. The molecule has 0 radical (unpaired) electrons. The number of nitrogens with two attached hydrogens (primary N) is 1. The van der Waals surface area contributed by atoms with Gasteiger partial charge in [0.05, 0.1) is 17.3 Å². The molecule has 0 fully saturated rings. The number of aryl methyl sites for hydroxylation is 1. The number of benzene rings is 1. The van der Waals surface area contributed by atoms with Crippen LogP contribution >= 0.6 is 15.9 Å². The summed E-state index contributed by atoms with van der Waals surface area (Å²) < 4.78 is 27.8. The Hall–Kier alpha value is -1.67. The molecule has 2 aromatic rings. The minimum atomic E-state index is -3.76. The molecular weight excluding hydrogens is 344 g/mol. The van der Waals surface area contributed by atoms with E-state index in [9.17, 15) is 8.42 Å². The van der Waals surface area contributed by atoms with E-state index in [4.69, 9.17) is 5.73 Å². The van der Waals surface area contributed by atoms with Gasteiger partial charge in [-0.25, -0.2) is 18.4 Å². The highest BCUT2D eigenvalue weighted by Gasteiger charge is 2.21. The van der Waals surface area contributed by atoms with Crippen molar-refractivity contribution in [3.05, 3.63) is 40.3 Å². The quantitative estimate of drug-likeness (QED) is 0.821. The molecule has 1 heterocycles. The standard InChI is InChI=1S/C12H13BrN4O2S/c1-7-3-4-9(14)8(2)12(7)20(18,19)17-11-6-15-10(13)5-16-11/h3-6H,14H2,1-2H3,(H,16,17). The largest absolute Gasteiger partial charge is 0.398 e. The van der Waals surface area contributed by atoms with Crippen LogP contribution in [0.2, 0.25) is 0 Å². The number of nitrogens with one attached hydrogen (secondary N) is 1. The molecule has 0 aliphatic heterocycles. The molecule has 0 bridgehead atoms. The van der Waals surface area contributed by atoms with Crippen LogP contribution in [0, 0.1) is 13.8 Å². The van der Waals surface area contributed by atoms with Gasteiger partial charge in [-0.3, -0.25) is 4.72 Å². The topological polar surface area (TPSA) is 98.0 Å². The summed E-state index contributed by atoms with van der Waals surface area (Å²) >= 11 is 3.14. The Morgan fingerprint density at radius 3 is 2.50 bits per heavy atom.